The molecule has 1 aliphatic carbocycles. The maximum absolute atomic E-state index is 13.5. The van der Waals surface area contributed by atoms with Crippen LogP contribution in [0.1, 0.15) is 61.7 Å². The summed E-state index contributed by atoms with van der Waals surface area (Å²) in [4.78, 5) is 30.1. The topological polar surface area (TPSA) is 136 Å². The van der Waals surface area contributed by atoms with E-state index in [-0.39, 0.29) is 30.2 Å². The van der Waals surface area contributed by atoms with Gasteiger partial charge >= 0.3 is 0 Å². The molecule has 5 rings (SSSR count). The Balaban J connectivity index is 1.42. The summed E-state index contributed by atoms with van der Waals surface area (Å²) >= 11 is 0. The lowest BCUT2D eigenvalue weighted by atomic mass is 9.95. The van der Waals surface area contributed by atoms with Crippen molar-refractivity contribution in [3.8, 4) is 11.3 Å². The molecular weight excluding hydrogens is 530 g/mol. The van der Waals surface area contributed by atoms with Crippen LogP contribution >= 0.6 is 0 Å². The van der Waals surface area contributed by atoms with Crippen LogP contribution in [0.5, 0.6) is 0 Å². The third-order valence-electron chi connectivity index (χ3n) is 7.56. The Labute approximate surface area is 233 Å². The van der Waals surface area contributed by atoms with E-state index in [1.807, 2.05) is 35.9 Å². The van der Waals surface area contributed by atoms with Gasteiger partial charge in [-0.05, 0) is 57.0 Å². The van der Waals surface area contributed by atoms with Gasteiger partial charge in [0, 0.05) is 36.0 Å². The number of sulfone groups is 1. The first-order valence-electron chi connectivity index (χ1n) is 13.6. The van der Waals surface area contributed by atoms with Crippen molar-refractivity contribution < 1.29 is 22.4 Å². The number of benzene rings is 1. The molecule has 1 fully saturated rings. The van der Waals surface area contributed by atoms with E-state index in [0.29, 0.717) is 35.9 Å². The van der Waals surface area contributed by atoms with Crippen LogP contribution in [0.25, 0.3) is 22.2 Å². The fraction of sp³-hybridized carbons (Fsp3) is 0.448. The van der Waals surface area contributed by atoms with Gasteiger partial charge in [0.2, 0.25) is 0 Å². The highest BCUT2D eigenvalue weighted by molar-refractivity contribution is 7.90. The number of furan rings is 1. The molecule has 2 aromatic heterocycles. The van der Waals surface area contributed by atoms with Crippen LogP contribution in [0.4, 0.5) is 0 Å². The second-order valence-corrected chi connectivity index (χ2v) is 13.1. The van der Waals surface area contributed by atoms with E-state index in [0.717, 1.165) is 47.7 Å². The average molecular weight is 566 g/mol. The number of nitrogens with one attached hydrogen (secondary N) is 2. The molecule has 3 heterocycles. The highest BCUT2D eigenvalue weighted by Gasteiger charge is 2.26. The van der Waals surface area contributed by atoms with E-state index in [4.69, 9.17) is 4.42 Å². The number of carbonyl (C=O) groups excluding carboxylic acids is 2. The summed E-state index contributed by atoms with van der Waals surface area (Å²) in [7, 11) is -3.04. The Morgan fingerprint density at radius 3 is 2.67 bits per heavy atom. The van der Waals surface area contributed by atoms with Crippen LogP contribution in [0.3, 0.4) is 0 Å². The van der Waals surface area contributed by atoms with Crippen LogP contribution in [0.2, 0.25) is 0 Å². The lowest BCUT2D eigenvalue weighted by Gasteiger charge is -2.19. The SMILES string of the molecule is CC1=CC(C)=NC(=O)C1CNC(=O)c1cc(-c2ccc(CNCCS(C)(=O)=O)o2)cc2c1cnn2C1CCCC1. The third kappa shape index (κ3) is 6.26. The first-order chi connectivity index (χ1) is 19.1. The van der Waals surface area contributed by atoms with Crippen LogP contribution in [0.15, 0.2) is 51.5 Å². The Hall–Kier alpha value is -3.57. The van der Waals surface area contributed by atoms with E-state index >= 15 is 0 Å². The van der Waals surface area contributed by atoms with Gasteiger partial charge in [-0.2, -0.15) is 5.10 Å². The molecule has 0 bridgehead atoms. The second-order valence-electron chi connectivity index (χ2n) is 10.8. The zero-order chi connectivity index (χ0) is 28.4. The Kier molecular flexibility index (Phi) is 8.04. The average Bonchev–Trinajstić information content (AvgIpc) is 3.65. The summed E-state index contributed by atoms with van der Waals surface area (Å²) in [6.07, 6.45) is 9.21. The number of aliphatic imine (C=N–C) groups is 1. The quantitative estimate of drug-likeness (QED) is 0.357. The summed E-state index contributed by atoms with van der Waals surface area (Å²) in [6.45, 7) is 4.53. The van der Waals surface area contributed by atoms with Gasteiger partial charge in [0.05, 0.1) is 41.5 Å². The molecule has 1 aromatic carbocycles. The molecule has 1 atom stereocenters. The minimum atomic E-state index is -3.04. The van der Waals surface area contributed by atoms with Crippen molar-refractivity contribution in [2.45, 2.75) is 52.1 Å². The number of hydrogen-bond donors (Lipinski definition) is 2. The number of nitrogens with zero attached hydrogens (tertiary/aromatic N) is 3. The highest BCUT2D eigenvalue weighted by Crippen LogP contribution is 2.35. The Morgan fingerprint density at radius 1 is 1.18 bits per heavy atom. The maximum atomic E-state index is 13.5. The van der Waals surface area contributed by atoms with Crippen LogP contribution in [-0.2, 0) is 21.2 Å². The molecule has 1 aliphatic heterocycles. The van der Waals surface area contributed by atoms with Crippen molar-refractivity contribution in [3.63, 3.8) is 0 Å². The molecule has 2 amide bonds. The summed E-state index contributed by atoms with van der Waals surface area (Å²) in [5, 5.41) is 11.5. The van der Waals surface area contributed by atoms with E-state index in [1.165, 1.54) is 6.26 Å². The molecule has 1 saturated carbocycles. The molecule has 0 saturated heterocycles. The lowest BCUT2D eigenvalue weighted by molar-refractivity contribution is -0.120. The molecule has 3 aromatic rings. The fourth-order valence-electron chi connectivity index (χ4n) is 5.46. The molecule has 10 nitrogen and oxygen atoms in total. The monoisotopic (exact) mass is 565 g/mol. The molecule has 11 heteroatoms. The van der Waals surface area contributed by atoms with E-state index in [9.17, 15) is 18.0 Å². The fourth-order valence-corrected chi connectivity index (χ4v) is 5.97. The maximum Gasteiger partial charge on any atom is 0.254 e. The van der Waals surface area contributed by atoms with Gasteiger partial charge in [0.15, 0.2) is 0 Å². The largest absolute Gasteiger partial charge is 0.460 e. The normalized spacial score (nSPS) is 18.3. The smallest absolute Gasteiger partial charge is 0.254 e. The van der Waals surface area contributed by atoms with Gasteiger partial charge in [-0.1, -0.05) is 18.4 Å². The zero-order valence-corrected chi connectivity index (χ0v) is 23.9. The molecule has 0 radical (unpaired) electrons. The highest BCUT2D eigenvalue weighted by atomic mass is 32.2. The van der Waals surface area contributed by atoms with Crippen molar-refractivity contribution in [3.05, 3.63) is 53.4 Å². The summed E-state index contributed by atoms with van der Waals surface area (Å²) in [6, 6.07) is 7.77. The lowest BCUT2D eigenvalue weighted by Crippen LogP contribution is -2.34. The molecule has 1 unspecified atom stereocenters. The minimum absolute atomic E-state index is 0.0502. The first kappa shape index (κ1) is 28.0. The Morgan fingerprint density at radius 2 is 1.95 bits per heavy atom. The van der Waals surface area contributed by atoms with Crippen molar-refractivity contribution >= 4 is 38.3 Å². The van der Waals surface area contributed by atoms with Crippen LogP contribution in [0, 0.1) is 5.92 Å². The molecule has 0 spiro atoms. The number of aromatic nitrogens is 2. The molecular formula is C29H35N5O5S. The minimum Gasteiger partial charge on any atom is -0.460 e. The molecule has 212 valence electrons. The van der Waals surface area contributed by atoms with Gasteiger partial charge in [-0.3, -0.25) is 14.3 Å². The number of carbonyl (C=O) groups is 2. The van der Waals surface area contributed by atoms with Gasteiger partial charge in [-0.15, -0.1) is 0 Å². The van der Waals surface area contributed by atoms with Gasteiger partial charge in [0.25, 0.3) is 11.8 Å². The standard InChI is InChI=1S/C29H35N5O5S/c1-18-12-19(2)33-29(36)24(18)16-31-28(35)23-13-20(14-26-25(23)17-32-34(26)21-6-4-5-7-21)27-9-8-22(39-27)15-30-10-11-40(3,37)38/h8-9,12-14,17,21,24,30H,4-7,10-11,15-16H2,1-3H3,(H,31,35). The first-order valence-corrected chi connectivity index (χ1v) is 15.7. The number of allylic oxidation sites excluding steroid dienone is 1. The molecule has 2 aliphatic rings. The number of rotatable bonds is 10. The predicted octanol–water partition coefficient (Wildman–Crippen LogP) is 3.84. The van der Waals surface area contributed by atoms with E-state index < -0.39 is 15.8 Å². The van der Waals surface area contributed by atoms with Gasteiger partial charge in [-0.25, -0.2) is 13.4 Å². The van der Waals surface area contributed by atoms with Crippen molar-refractivity contribution in [2.75, 3.05) is 25.1 Å². The number of dihydropyridines is 1. The van der Waals surface area contributed by atoms with Crippen LogP contribution < -0.4 is 10.6 Å². The van der Waals surface area contributed by atoms with Gasteiger partial charge < -0.3 is 15.1 Å². The number of hydrogen-bond acceptors (Lipinski definition) is 7. The second kappa shape index (κ2) is 11.5. The van der Waals surface area contributed by atoms with E-state index in [2.05, 4.69) is 20.7 Å². The van der Waals surface area contributed by atoms with Gasteiger partial charge in [0.1, 0.15) is 21.4 Å². The third-order valence-corrected chi connectivity index (χ3v) is 8.51. The Bertz CT molecular complexity index is 1610. The summed E-state index contributed by atoms with van der Waals surface area (Å²) < 4.78 is 30.9. The summed E-state index contributed by atoms with van der Waals surface area (Å²) in [5.74, 6) is 0.274. The van der Waals surface area contributed by atoms with E-state index in [1.54, 1.807) is 19.2 Å². The van der Waals surface area contributed by atoms with Crippen molar-refractivity contribution in [2.24, 2.45) is 10.9 Å². The molecule has 2 N–H and O–H groups in total. The predicted molar refractivity (Wildman–Crippen MR) is 154 cm³/mol. The number of amides is 2. The van der Waals surface area contributed by atoms with Crippen molar-refractivity contribution in [1.82, 2.24) is 20.4 Å². The van der Waals surface area contributed by atoms with Crippen molar-refractivity contribution in [1.29, 1.82) is 0 Å². The molecule has 40 heavy (non-hydrogen) atoms. The van der Waals surface area contributed by atoms with Crippen LogP contribution in [-0.4, -0.2) is 60.8 Å². The number of fused-ring (bicyclic) bond motifs is 1. The summed E-state index contributed by atoms with van der Waals surface area (Å²) in [5.41, 5.74) is 3.61. The zero-order valence-electron chi connectivity index (χ0n) is 23.1.